The minimum atomic E-state index is -1.47. The molecule has 6 heteroatoms. The van der Waals surface area contributed by atoms with Crippen molar-refractivity contribution in [3.05, 3.63) is 12.7 Å². The average molecular weight is 210 g/mol. The molecule has 0 aromatic heterocycles. The molecule has 15 heavy (non-hydrogen) atoms. The molecule has 1 heterocycles. The van der Waals surface area contributed by atoms with Crippen molar-refractivity contribution in [1.29, 1.82) is 5.26 Å². The molecule has 1 saturated heterocycles. The maximum atomic E-state index is 11.2. The Balaban J connectivity index is 2.49. The van der Waals surface area contributed by atoms with Crippen molar-refractivity contribution in [3.8, 4) is 6.07 Å². The van der Waals surface area contributed by atoms with E-state index in [2.05, 4.69) is 11.3 Å². The molecule has 1 fully saturated rings. The summed E-state index contributed by atoms with van der Waals surface area (Å²) in [4.78, 5) is 23.0. The molecule has 1 aliphatic rings. The second kappa shape index (κ2) is 4.00. The van der Waals surface area contributed by atoms with Gasteiger partial charge in [0.05, 0.1) is 19.2 Å². The van der Waals surface area contributed by atoms with E-state index in [4.69, 9.17) is 10.4 Å². The maximum absolute atomic E-state index is 11.2. The van der Waals surface area contributed by atoms with Gasteiger partial charge in [0.25, 0.3) is 0 Å². The smallest absolute Gasteiger partial charge is 0.410 e. The number of ether oxygens (including phenoxy) is 1. The summed E-state index contributed by atoms with van der Waals surface area (Å²) in [5, 5.41) is 17.4. The minimum Gasteiger partial charge on any atom is -0.480 e. The highest BCUT2D eigenvalue weighted by molar-refractivity contribution is 5.83. The number of hydrogen-bond donors (Lipinski definition) is 1. The van der Waals surface area contributed by atoms with E-state index in [0.29, 0.717) is 0 Å². The van der Waals surface area contributed by atoms with Crippen molar-refractivity contribution in [3.63, 3.8) is 0 Å². The van der Waals surface area contributed by atoms with Crippen LogP contribution in [0.3, 0.4) is 0 Å². The number of carboxylic acid groups (broad SMARTS) is 1. The number of hydrogen-bond acceptors (Lipinski definition) is 4. The second-order valence-electron chi connectivity index (χ2n) is 3.22. The van der Waals surface area contributed by atoms with Gasteiger partial charge in [-0.1, -0.05) is 12.7 Å². The molecule has 1 amide bonds. The number of carbonyl (C=O) groups excluding carboxylic acids is 1. The third kappa shape index (κ3) is 1.91. The van der Waals surface area contributed by atoms with Gasteiger partial charge in [-0.2, -0.15) is 5.26 Å². The largest absolute Gasteiger partial charge is 0.480 e. The zero-order chi connectivity index (χ0) is 11.5. The summed E-state index contributed by atoms with van der Waals surface area (Å²) in [6, 6.07) is 1.69. The number of rotatable bonds is 3. The quantitative estimate of drug-likeness (QED) is 0.673. The standard InChI is InChI=1S/C9H10N2O4/c1-2-3-15-8(14)11-5-9(4-10,6-11)7(12)13/h2H,1,3,5-6H2,(H,12,13). The van der Waals surface area contributed by atoms with Gasteiger partial charge in [-0.15, -0.1) is 0 Å². The van der Waals surface area contributed by atoms with Gasteiger partial charge in [-0.3, -0.25) is 4.79 Å². The highest BCUT2D eigenvalue weighted by Gasteiger charge is 2.52. The third-order valence-electron chi connectivity index (χ3n) is 2.13. The molecule has 0 unspecified atom stereocenters. The van der Waals surface area contributed by atoms with Crippen LogP contribution in [-0.2, 0) is 9.53 Å². The van der Waals surface area contributed by atoms with E-state index in [1.165, 1.54) is 11.0 Å². The van der Waals surface area contributed by atoms with Crippen molar-refractivity contribution in [1.82, 2.24) is 4.90 Å². The SMILES string of the molecule is C=CCOC(=O)N1CC(C#N)(C(=O)O)C1. The zero-order valence-corrected chi connectivity index (χ0v) is 7.97. The molecular weight excluding hydrogens is 200 g/mol. The predicted molar refractivity (Wildman–Crippen MR) is 48.8 cm³/mol. The molecule has 1 rings (SSSR count). The van der Waals surface area contributed by atoms with Crippen LogP contribution in [0, 0.1) is 16.7 Å². The van der Waals surface area contributed by atoms with Crippen molar-refractivity contribution in [2.75, 3.05) is 19.7 Å². The second-order valence-corrected chi connectivity index (χ2v) is 3.22. The van der Waals surface area contributed by atoms with Crippen LogP contribution in [0.25, 0.3) is 0 Å². The maximum Gasteiger partial charge on any atom is 0.410 e. The lowest BCUT2D eigenvalue weighted by Crippen LogP contribution is -2.61. The van der Waals surface area contributed by atoms with Crippen LogP contribution >= 0.6 is 0 Å². The van der Waals surface area contributed by atoms with Gasteiger partial charge in [0.2, 0.25) is 0 Å². The van der Waals surface area contributed by atoms with E-state index in [-0.39, 0.29) is 19.7 Å². The summed E-state index contributed by atoms with van der Waals surface area (Å²) in [6.45, 7) is 3.18. The first-order chi connectivity index (χ1) is 7.05. The van der Waals surface area contributed by atoms with Crippen LogP contribution in [0.1, 0.15) is 0 Å². The fourth-order valence-corrected chi connectivity index (χ4v) is 1.21. The third-order valence-corrected chi connectivity index (χ3v) is 2.13. The average Bonchev–Trinajstić information content (AvgIpc) is 2.13. The summed E-state index contributed by atoms with van der Waals surface area (Å²) in [7, 11) is 0. The molecule has 1 N–H and O–H groups in total. The topological polar surface area (TPSA) is 90.6 Å². The summed E-state index contributed by atoms with van der Waals surface area (Å²) in [5.74, 6) is -1.21. The first-order valence-corrected chi connectivity index (χ1v) is 4.23. The van der Waals surface area contributed by atoms with Gasteiger partial charge in [-0.05, 0) is 0 Å². The molecule has 0 aliphatic carbocycles. The van der Waals surface area contributed by atoms with Gasteiger partial charge >= 0.3 is 12.1 Å². The summed E-state index contributed by atoms with van der Waals surface area (Å²) in [5.41, 5.74) is -1.47. The molecule has 0 saturated carbocycles. The number of carbonyl (C=O) groups is 2. The Hall–Kier alpha value is -2.03. The lowest BCUT2D eigenvalue weighted by Gasteiger charge is -2.41. The molecule has 80 valence electrons. The number of likely N-dealkylation sites (tertiary alicyclic amines) is 1. The summed E-state index contributed by atoms with van der Waals surface area (Å²) in [6.07, 6.45) is 0.786. The number of aliphatic carboxylic acids is 1. The Bertz CT molecular complexity index is 339. The molecule has 6 nitrogen and oxygen atoms in total. The Kier molecular flexibility index (Phi) is 2.95. The van der Waals surface area contributed by atoms with Gasteiger partial charge in [-0.25, -0.2) is 4.79 Å². The number of nitriles is 1. The van der Waals surface area contributed by atoms with E-state index in [9.17, 15) is 9.59 Å². The zero-order valence-electron chi connectivity index (χ0n) is 7.97. The Labute approximate surface area is 86.3 Å². The first kappa shape index (κ1) is 11.0. The molecule has 0 bridgehead atoms. The van der Waals surface area contributed by atoms with Crippen molar-refractivity contribution in [2.24, 2.45) is 5.41 Å². The summed E-state index contributed by atoms with van der Waals surface area (Å²) < 4.78 is 4.68. The molecule has 0 aromatic rings. The van der Waals surface area contributed by atoms with Crippen molar-refractivity contribution < 1.29 is 19.4 Å². The van der Waals surface area contributed by atoms with Crippen molar-refractivity contribution in [2.45, 2.75) is 0 Å². The summed E-state index contributed by atoms with van der Waals surface area (Å²) >= 11 is 0. The predicted octanol–water partition coefficient (Wildman–Crippen LogP) is 0.219. The molecule has 0 aromatic carbocycles. The van der Waals surface area contributed by atoms with Crippen LogP contribution in [0.2, 0.25) is 0 Å². The van der Waals surface area contributed by atoms with Crippen molar-refractivity contribution >= 4 is 12.1 Å². The Morgan fingerprint density at radius 1 is 1.67 bits per heavy atom. The fourth-order valence-electron chi connectivity index (χ4n) is 1.21. The van der Waals surface area contributed by atoms with Gasteiger partial charge in [0, 0.05) is 0 Å². The number of nitrogens with zero attached hydrogens (tertiary/aromatic N) is 2. The van der Waals surface area contributed by atoms with Crippen LogP contribution < -0.4 is 0 Å². The lowest BCUT2D eigenvalue weighted by atomic mass is 9.82. The van der Waals surface area contributed by atoms with Gasteiger partial charge < -0.3 is 14.7 Å². The fraction of sp³-hybridized carbons (Fsp3) is 0.444. The van der Waals surface area contributed by atoms with E-state index in [1.54, 1.807) is 6.07 Å². The number of amides is 1. The normalized spacial score (nSPS) is 17.1. The molecule has 0 atom stereocenters. The molecule has 1 aliphatic heterocycles. The van der Waals surface area contributed by atoms with Gasteiger partial charge in [0.1, 0.15) is 6.61 Å². The molecular formula is C9H10N2O4. The minimum absolute atomic E-state index is 0.0714. The van der Waals surface area contributed by atoms with Crippen LogP contribution in [0.15, 0.2) is 12.7 Å². The molecule has 0 spiro atoms. The lowest BCUT2D eigenvalue weighted by molar-refractivity contribution is -0.152. The van der Waals surface area contributed by atoms with Crippen LogP contribution in [-0.4, -0.2) is 41.8 Å². The monoisotopic (exact) mass is 210 g/mol. The van der Waals surface area contributed by atoms with Gasteiger partial charge in [0.15, 0.2) is 5.41 Å². The Morgan fingerprint density at radius 2 is 2.27 bits per heavy atom. The Morgan fingerprint density at radius 3 is 2.67 bits per heavy atom. The van der Waals surface area contributed by atoms with E-state index in [0.717, 1.165) is 0 Å². The van der Waals surface area contributed by atoms with E-state index >= 15 is 0 Å². The van der Waals surface area contributed by atoms with E-state index in [1.807, 2.05) is 0 Å². The van der Waals surface area contributed by atoms with Crippen LogP contribution in [0.5, 0.6) is 0 Å². The highest BCUT2D eigenvalue weighted by atomic mass is 16.6. The van der Waals surface area contributed by atoms with E-state index < -0.39 is 17.5 Å². The first-order valence-electron chi connectivity index (χ1n) is 4.23. The highest BCUT2D eigenvalue weighted by Crippen LogP contribution is 2.30. The molecule has 0 radical (unpaired) electrons. The number of carboxylic acids is 1. The van der Waals surface area contributed by atoms with Crippen LogP contribution in [0.4, 0.5) is 4.79 Å².